The molecule has 3 aromatic carbocycles. The monoisotopic (exact) mass is 428 g/mol. The molecular formula is C26H24F4O. The lowest BCUT2D eigenvalue weighted by Gasteiger charge is -2.25. The van der Waals surface area contributed by atoms with Gasteiger partial charge < -0.3 is 5.11 Å². The van der Waals surface area contributed by atoms with Gasteiger partial charge in [0.05, 0.1) is 6.10 Å². The standard InChI is InChI=1S/C26H24F4O/c27-23-14-2-16(15-24(23)28)1-3-20-10-13-22(26(30)25(20)29)19-6-4-17(5-7-19)18-8-11-21(31)12-9-18/h2,4-7,10,13-15,18,21,31H,1,3,8-9,11-12H2. The smallest absolute Gasteiger partial charge is 0.166 e. The average Bonchev–Trinajstić information content (AvgIpc) is 2.78. The van der Waals surface area contributed by atoms with Crippen LogP contribution in [0.1, 0.15) is 48.3 Å². The lowest BCUT2D eigenvalue weighted by molar-refractivity contribution is 0.122. The molecule has 1 fully saturated rings. The summed E-state index contributed by atoms with van der Waals surface area (Å²) in [5.74, 6) is -3.32. The molecule has 0 bridgehead atoms. The Morgan fingerprint density at radius 1 is 0.710 bits per heavy atom. The molecule has 1 aliphatic rings. The number of halogens is 4. The molecule has 0 aromatic heterocycles. The zero-order chi connectivity index (χ0) is 22.0. The van der Waals surface area contributed by atoms with Crippen molar-refractivity contribution >= 4 is 0 Å². The number of rotatable bonds is 5. The molecule has 1 saturated carbocycles. The largest absolute Gasteiger partial charge is 0.393 e. The number of aryl methyl sites for hydroxylation is 2. The predicted octanol–water partition coefficient (Wildman–Crippen LogP) is 6.71. The molecule has 162 valence electrons. The van der Waals surface area contributed by atoms with Gasteiger partial charge in [-0.15, -0.1) is 0 Å². The van der Waals surface area contributed by atoms with Crippen molar-refractivity contribution in [2.45, 2.75) is 50.5 Å². The second-order valence-corrected chi connectivity index (χ2v) is 8.28. The number of benzene rings is 3. The highest BCUT2D eigenvalue weighted by atomic mass is 19.2. The minimum atomic E-state index is -0.952. The second kappa shape index (κ2) is 9.23. The molecule has 1 aliphatic carbocycles. The maximum absolute atomic E-state index is 14.8. The lowest BCUT2D eigenvalue weighted by Crippen LogP contribution is -2.16. The lowest BCUT2D eigenvalue weighted by atomic mass is 9.82. The first-order valence-corrected chi connectivity index (χ1v) is 10.6. The van der Waals surface area contributed by atoms with Crippen molar-refractivity contribution < 1.29 is 22.7 Å². The molecule has 1 N–H and O–H groups in total. The highest BCUT2D eigenvalue weighted by Gasteiger charge is 2.21. The van der Waals surface area contributed by atoms with Gasteiger partial charge in [-0.1, -0.05) is 42.5 Å². The van der Waals surface area contributed by atoms with Crippen LogP contribution in [0.4, 0.5) is 17.6 Å². The van der Waals surface area contributed by atoms with E-state index in [9.17, 15) is 22.7 Å². The number of hydrogen-bond acceptors (Lipinski definition) is 1. The fourth-order valence-corrected chi connectivity index (χ4v) is 4.32. The van der Waals surface area contributed by atoms with Crippen LogP contribution in [0.25, 0.3) is 11.1 Å². The van der Waals surface area contributed by atoms with Crippen molar-refractivity contribution in [3.63, 3.8) is 0 Å². The summed E-state index contributed by atoms with van der Waals surface area (Å²) in [6.07, 6.45) is 3.68. The van der Waals surface area contributed by atoms with Crippen molar-refractivity contribution in [3.05, 3.63) is 94.6 Å². The first-order valence-electron chi connectivity index (χ1n) is 10.6. The zero-order valence-corrected chi connectivity index (χ0v) is 17.1. The number of hydrogen-bond donors (Lipinski definition) is 1. The first kappa shape index (κ1) is 21.6. The Morgan fingerprint density at radius 3 is 2.10 bits per heavy atom. The minimum absolute atomic E-state index is 0.181. The Bertz CT molecular complexity index is 1050. The third kappa shape index (κ3) is 4.82. The van der Waals surface area contributed by atoms with Crippen molar-refractivity contribution in [1.82, 2.24) is 0 Å². The Kier molecular flexibility index (Phi) is 6.42. The van der Waals surface area contributed by atoms with Crippen LogP contribution in [0.2, 0.25) is 0 Å². The summed E-state index contributed by atoms with van der Waals surface area (Å²) in [7, 11) is 0. The van der Waals surface area contributed by atoms with Crippen molar-refractivity contribution in [3.8, 4) is 11.1 Å². The molecule has 31 heavy (non-hydrogen) atoms. The molecule has 0 unspecified atom stereocenters. The van der Waals surface area contributed by atoms with E-state index in [4.69, 9.17) is 0 Å². The second-order valence-electron chi connectivity index (χ2n) is 8.28. The fourth-order valence-electron chi connectivity index (χ4n) is 4.32. The minimum Gasteiger partial charge on any atom is -0.393 e. The summed E-state index contributed by atoms with van der Waals surface area (Å²) in [5.41, 5.74) is 2.67. The van der Waals surface area contributed by atoms with Gasteiger partial charge in [0.2, 0.25) is 0 Å². The van der Waals surface area contributed by atoms with E-state index in [0.29, 0.717) is 17.0 Å². The Hall–Kier alpha value is -2.66. The summed E-state index contributed by atoms with van der Waals surface area (Å²) in [6.45, 7) is 0. The van der Waals surface area contributed by atoms with Gasteiger partial charge in [0.25, 0.3) is 0 Å². The summed E-state index contributed by atoms with van der Waals surface area (Å²) < 4.78 is 55.8. The molecule has 1 nitrogen and oxygen atoms in total. The highest BCUT2D eigenvalue weighted by molar-refractivity contribution is 5.65. The molecule has 0 atom stereocenters. The van der Waals surface area contributed by atoms with Crippen LogP contribution in [0.3, 0.4) is 0 Å². The zero-order valence-electron chi connectivity index (χ0n) is 17.1. The normalized spacial score (nSPS) is 18.9. The molecular weight excluding hydrogens is 404 g/mol. The van der Waals surface area contributed by atoms with Gasteiger partial charge in [-0.05, 0) is 78.8 Å². The van der Waals surface area contributed by atoms with Gasteiger partial charge in [-0.2, -0.15) is 0 Å². The number of aliphatic hydroxyl groups excluding tert-OH is 1. The van der Waals surface area contributed by atoms with Crippen LogP contribution in [0, 0.1) is 23.3 Å². The molecule has 0 amide bonds. The quantitative estimate of drug-likeness (QED) is 0.448. The molecule has 0 aliphatic heterocycles. The molecule has 0 spiro atoms. The van der Waals surface area contributed by atoms with Crippen LogP contribution in [-0.2, 0) is 12.8 Å². The highest BCUT2D eigenvalue weighted by Crippen LogP contribution is 2.34. The van der Waals surface area contributed by atoms with Crippen LogP contribution in [-0.4, -0.2) is 11.2 Å². The SMILES string of the molecule is OC1CCC(c2ccc(-c3ccc(CCc4ccc(F)c(F)c4)c(F)c3F)cc2)CC1. The van der Waals surface area contributed by atoms with Crippen LogP contribution < -0.4 is 0 Å². The van der Waals surface area contributed by atoms with Crippen LogP contribution in [0.15, 0.2) is 54.6 Å². The Balaban J connectivity index is 1.48. The van der Waals surface area contributed by atoms with Gasteiger partial charge in [0.1, 0.15) is 0 Å². The molecule has 0 heterocycles. The van der Waals surface area contributed by atoms with Crippen molar-refractivity contribution in [1.29, 1.82) is 0 Å². The van der Waals surface area contributed by atoms with E-state index in [-0.39, 0.29) is 30.1 Å². The van der Waals surface area contributed by atoms with Crippen LogP contribution >= 0.6 is 0 Å². The maximum atomic E-state index is 14.8. The maximum Gasteiger partial charge on any atom is 0.166 e. The van der Waals surface area contributed by atoms with Gasteiger partial charge in [-0.3, -0.25) is 0 Å². The van der Waals surface area contributed by atoms with Gasteiger partial charge in [0, 0.05) is 5.56 Å². The molecule has 5 heteroatoms. The van der Waals surface area contributed by atoms with E-state index < -0.39 is 23.3 Å². The van der Waals surface area contributed by atoms with Gasteiger partial charge in [0.15, 0.2) is 23.3 Å². The molecule has 0 radical (unpaired) electrons. The Labute approximate surface area is 179 Å². The fraction of sp³-hybridized carbons (Fsp3) is 0.308. The molecule has 3 aromatic rings. The molecule has 0 saturated heterocycles. The average molecular weight is 428 g/mol. The predicted molar refractivity (Wildman–Crippen MR) is 113 cm³/mol. The number of aliphatic hydroxyl groups is 1. The van der Waals surface area contributed by atoms with Gasteiger partial charge >= 0.3 is 0 Å². The van der Waals surface area contributed by atoms with Crippen molar-refractivity contribution in [2.75, 3.05) is 0 Å². The molecule has 4 rings (SSSR count). The first-order chi connectivity index (χ1) is 14.9. The van der Waals surface area contributed by atoms with Gasteiger partial charge in [-0.25, -0.2) is 17.6 Å². The summed E-state index contributed by atoms with van der Waals surface area (Å²) in [5, 5.41) is 9.66. The summed E-state index contributed by atoms with van der Waals surface area (Å²) in [6, 6.07) is 14.2. The third-order valence-electron chi connectivity index (χ3n) is 6.22. The van der Waals surface area contributed by atoms with Crippen molar-refractivity contribution in [2.24, 2.45) is 0 Å². The van der Waals surface area contributed by atoms with E-state index in [1.54, 1.807) is 24.3 Å². The van der Waals surface area contributed by atoms with E-state index in [1.807, 2.05) is 12.1 Å². The summed E-state index contributed by atoms with van der Waals surface area (Å²) >= 11 is 0. The van der Waals surface area contributed by atoms with E-state index in [2.05, 4.69) is 0 Å². The topological polar surface area (TPSA) is 20.2 Å². The van der Waals surface area contributed by atoms with E-state index in [0.717, 1.165) is 43.4 Å². The van der Waals surface area contributed by atoms with Crippen LogP contribution in [0.5, 0.6) is 0 Å². The Morgan fingerprint density at radius 2 is 1.42 bits per heavy atom. The summed E-state index contributed by atoms with van der Waals surface area (Å²) in [4.78, 5) is 0. The van der Waals surface area contributed by atoms with E-state index in [1.165, 1.54) is 6.07 Å². The van der Waals surface area contributed by atoms with E-state index >= 15 is 0 Å². The third-order valence-corrected chi connectivity index (χ3v) is 6.22.